The molecule has 8 heteroatoms. The summed E-state index contributed by atoms with van der Waals surface area (Å²) in [5.74, 6) is 0. The molecule has 0 bridgehead atoms. The zero-order valence-electron chi connectivity index (χ0n) is 6.73. The van der Waals surface area contributed by atoms with Crippen molar-refractivity contribution in [2.24, 2.45) is 0 Å². The summed E-state index contributed by atoms with van der Waals surface area (Å²) in [5.41, 5.74) is 0. The molecule has 0 rings (SSSR count). The third-order valence-electron chi connectivity index (χ3n) is 2.10. The molecule has 0 saturated carbocycles. The Kier molecular flexibility index (Phi) is 3.76. The van der Waals surface area contributed by atoms with E-state index < -0.39 is 0 Å². The van der Waals surface area contributed by atoms with E-state index in [0.29, 0.717) is 0 Å². The fourth-order valence-corrected chi connectivity index (χ4v) is 0.770. The van der Waals surface area contributed by atoms with Crippen molar-refractivity contribution >= 4 is 57.8 Å². The standard InChI is InChI=1S/B8H10/c1-6(2)8(5)7(3)4/h1-5H2. The van der Waals surface area contributed by atoms with Crippen molar-refractivity contribution in [1.29, 1.82) is 0 Å². The van der Waals surface area contributed by atoms with Crippen LogP contribution >= 0.6 is 0 Å². The van der Waals surface area contributed by atoms with E-state index in [1.54, 1.807) is 0 Å². The zero-order valence-corrected chi connectivity index (χ0v) is 6.73. The minimum Gasteiger partial charge on any atom is 0.0130 e. The lowest BCUT2D eigenvalue weighted by Crippen LogP contribution is -2.52. The van der Waals surface area contributed by atoms with Crippen molar-refractivity contribution in [3.8, 4) is 0 Å². The number of hydrogen-bond donors (Lipinski definition) is 0. The Labute approximate surface area is 58.5 Å². The van der Waals surface area contributed by atoms with Crippen LogP contribution in [-0.4, -0.2) is 57.8 Å². The highest BCUT2D eigenvalue weighted by Gasteiger charge is 2.17. The molecule has 0 spiro atoms. The lowest BCUT2D eigenvalue weighted by Gasteiger charge is -2.11. The van der Waals surface area contributed by atoms with Gasteiger partial charge in [-0.15, -0.1) is 0 Å². The van der Waals surface area contributed by atoms with Gasteiger partial charge in [-0.1, -0.05) is 0 Å². The quantitative estimate of drug-likeness (QED) is 0.301. The average Bonchev–Trinajstić information content (AvgIpc) is 1.64. The van der Waals surface area contributed by atoms with Gasteiger partial charge in [0, 0.05) is 19.2 Å². The van der Waals surface area contributed by atoms with E-state index in [0.717, 1.165) is 19.2 Å². The first-order valence-corrected chi connectivity index (χ1v) is 3.55. The first-order valence-electron chi connectivity index (χ1n) is 3.55. The molecule has 34 valence electrons. The fraction of sp³-hybridized carbons (Fsp3) is 0. The van der Waals surface area contributed by atoms with E-state index in [1.807, 2.05) is 0 Å². The topological polar surface area (TPSA) is 0 Å². The Morgan fingerprint density at radius 2 is 0.875 bits per heavy atom. The molecule has 0 heterocycles. The van der Waals surface area contributed by atoms with Crippen LogP contribution in [0.2, 0.25) is 0 Å². The van der Waals surface area contributed by atoms with Gasteiger partial charge in [0.25, 0.3) is 0 Å². The summed E-state index contributed by atoms with van der Waals surface area (Å²) in [7, 11) is 11.4. The Morgan fingerprint density at radius 3 is 0.875 bits per heavy atom. The third kappa shape index (κ3) is 2.74. The molecule has 0 unspecified atom stereocenters. The second kappa shape index (κ2) is 3.53. The molecule has 0 aromatic carbocycles. The summed E-state index contributed by atoms with van der Waals surface area (Å²) in [5, 5.41) is 0. The predicted molar refractivity (Wildman–Crippen MR) is 60.0 cm³/mol. The predicted octanol–water partition coefficient (Wildman–Crippen LogP) is -5.72. The molecule has 0 nitrogen and oxygen atoms in total. The van der Waals surface area contributed by atoms with Crippen LogP contribution in [0.3, 0.4) is 0 Å². The molecule has 0 aliphatic carbocycles. The van der Waals surface area contributed by atoms with Gasteiger partial charge < -0.3 is 0 Å². The molecule has 8 heavy (non-hydrogen) atoms. The van der Waals surface area contributed by atoms with Gasteiger partial charge in [0.2, 0.25) is 0 Å². The molecule has 0 aromatic heterocycles. The highest BCUT2D eigenvalue weighted by Crippen LogP contribution is 1.76. The Balaban J connectivity index is 3.46. The van der Waals surface area contributed by atoms with Crippen LogP contribution in [0.15, 0.2) is 0 Å². The van der Waals surface area contributed by atoms with Gasteiger partial charge in [0.15, 0.2) is 0 Å². The number of hydrogen-bond acceptors (Lipinski definition) is 0. The average molecular weight is 96.6 g/mol. The third-order valence-corrected chi connectivity index (χ3v) is 2.10. The van der Waals surface area contributed by atoms with E-state index in [2.05, 4.69) is 38.7 Å². The SMILES string of the molecule is BB(B)B(B)B(B)B. The second-order valence-electron chi connectivity index (χ2n) is 3.35. The van der Waals surface area contributed by atoms with Gasteiger partial charge in [-0.2, -0.15) is 0 Å². The highest BCUT2D eigenvalue weighted by molar-refractivity contribution is 7.89. The fourth-order valence-electron chi connectivity index (χ4n) is 0.770. The van der Waals surface area contributed by atoms with Crippen LogP contribution in [0.5, 0.6) is 0 Å². The summed E-state index contributed by atoms with van der Waals surface area (Å²) in [4.78, 5) is 0. The highest BCUT2D eigenvalue weighted by atomic mass is 13.0. The first kappa shape index (κ1) is 8.52. The monoisotopic (exact) mass is 98.2 g/mol. The van der Waals surface area contributed by atoms with Crippen molar-refractivity contribution in [3.63, 3.8) is 0 Å². The Hall–Kier alpha value is 0.519. The molecule has 0 radical (unpaired) electrons. The second-order valence-corrected chi connectivity index (χ2v) is 3.35. The Morgan fingerprint density at radius 1 is 0.625 bits per heavy atom. The van der Waals surface area contributed by atoms with Crippen LogP contribution in [0.4, 0.5) is 0 Å². The maximum absolute atomic E-state index is 2.31. The molecule has 0 saturated heterocycles. The first-order chi connectivity index (χ1) is 3.55. The summed E-state index contributed by atoms with van der Waals surface area (Å²) < 4.78 is 0. The van der Waals surface area contributed by atoms with Gasteiger partial charge in [0.05, 0.1) is 38.7 Å². The van der Waals surface area contributed by atoms with Crippen LogP contribution in [-0.2, 0) is 0 Å². The molecule has 0 aliphatic heterocycles. The van der Waals surface area contributed by atoms with Crippen molar-refractivity contribution in [3.05, 3.63) is 0 Å². The van der Waals surface area contributed by atoms with Crippen LogP contribution < -0.4 is 0 Å². The van der Waals surface area contributed by atoms with Crippen molar-refractivity contribution in [2.45, 2.75) is 0 Å². The maximum atomic E-state index is 2.31. The summed E-state index contributed by atoms with van der Waals surface area (Å²) in [6.45, 7) is 0. The van der Waals surface area contributed by atoms with Gasteiger partial charge in [0.1, 0.15) is 0 Å². The van der Waals surface area contributed by atoms with Gasteiger partial charge in [-0.3, -0.25) is 0 Å². The van der Waals surface area contributed by atoms with Crippen LogP contribution in [0.25, 0.3) is 0 Å². The van der Waals surface area contributed by atoms with Crippen molar-refractivity contribution < 1.29 is 0 Å². The lowest BCUT2D eigenvalue weighted by molar-refractivity contribution is 3.62. The molecule has 0 aliphatic rings. The van der Waals surface area contributed by atoms with Crippen LogP contribution in [0.1, 0.15) is 0 Å². The molecule has 0 fully saturated rings. The molecule has 0 amide bonds. The van der Waals surface area contributed by atoms with Crippen molar-refractivity contribution in [2.75, 3.05) is 0 Å². The van der Waals surface area contributed by atoms with E-state index in [1.165, 1.54) is 0 Å². The molecule has 0 atom stereocenters. The smallest absolute Gasteiger partial charge is 0.0130 e. The van der Waals surface area contributed by atoms with Gasteiger partial charge in [-0.05, 0) is 0 Å². The minimum absolute atomic E-state index is 0.843. The van der Waals surface area contributed by atoms with E-state index in [-0.39, 0.29) is 0 Å². The van der Waals surface area contributed by atoms with Crippen molar-refractivity contribution in [1.82, 2.24) is 0 Å². The van der Waals surface area contributed by atoms with E-state index in [9.17, 15) is 0 Å². The number of rotatable bonds is 2. The zero-order chi connectivity index (χ0) is 6.73. The lowest BCUT2D eigenvalue weighted by atomic mass is 8.68. The molecular formula is H10B8. The Bertz CT molecular complexity index is 45.1. The molecule has 0 aromatic rings. The summed E-state index contributed by atoms with van der Waals surface area (Å²) >= 11 is 0. The maximum Gasteiger partial charge on any atom is 0.0552 e. The van der Waals surface area contributed by atoms with Gasteiger partial charge >= 0.3 is 0 Å². The van der Waals surface area contributed by atoms with E-state index in [4.69, 9.17) is 0 Å². The molecular weight excluding hydrogens is 86.5 g/mol. The normalized spacial score (nSPS) is 8.00. The molecule has 0 N–H and O–H groups in total. The minimum atomic E-state index is 0.843. The van der Waals surface area contributed by atoms with E-state index >= 15 is 0 Å². The van der Waals surface area contributed by atoms with Gasteiger partial charge in [-0.25, -0.2) is 0 Å². The summed E-state index contributed by atoms with van der Waals surface area (Å²) in [6.07, 6.45) is 2.56. The van der Waals surface area contributed by atoms with Crippen LogP contribution in [0, 0.1) is 0 Å². The largest absolute Gasteiger partial charge is 0.0552 e. The summed E-state index contributed by atoms with van der Waals surface area (Å²) in [6, 6.07) is 0.